The molecule has 1 N–H and O–H groups in total. The first-order valence-electron chi connectivity index (χ1n) is 7.99. The number of nitrogens with zero attached hydrogens (tertiary/aromatic N) is 2. The predicted molar refractivity (Wildman–Crippen MR) is 88.1 cm³/mol. The maximum atomic E-state index is 14.0. The van der Waals surface area contributed by atoms with Gasteiger partial charge in [-0.15, -0.1) is 0 Å². The fourth-order valence-electron chi connectivity index (χ4n) is 3.27. The van der Waals surface area contributed by atoms with Crippen molar-refractivity contribution < 1.29 is 8.78 Å². The molecule has 0 radical (unpaired) electrons. The van der Waals surface area contributed by atoms with Gasteiger partial charge in [-0.25, -0.2) is 8.78 Å². The molecule has 2 heterocycles. The van der Waals surface area contributed by atoms with Gasteiger partial charge in [-0.1, -0.05) is 24.3 Å². The van der Waals surface area contributed by atoms with Gasteiger partial charge in [0, 0.05) is 30.3 Å². The molecule has 1 saturated heterocycles. The van der Waals surface area contributed by atoms with Crippen LogP contribution in [0.3, 0.4) is 0 Å². The molecule has 1 aliphatic rings. The zero-order valence-electron chi connectivity index (χ0n) is 13.0. The van der Waals surface area contributed by atoms with E-state index in [-0.39, 0.29) is 17.7 Å². The molecule has 1 aliphatic heterocycles. The van der Waals surface area contributed by atoms with Gasteiger partial charge in [-0.2, -0.15) is 5.10 Å². The van der Waals surface area contributed by atoms with Crippen molar-refractivity contribution in [2.75, 3.05) is 6.54 Å². The molecule has 3 aromatic rings. The molecule has 2 aromatic carbocycles. The van der Waals surface area contributed by atoms with Crippen LogP contribution < -0.4 is 0 Å². The van der Waals surface area contributed by atoms with Crippen molar-refractivity contribution in [3.05, 3.63) is 77.5 Å². The summed E-state index contributed by atoms with van der Waals surface area (Å²) >= 11 is 0. The third-order valence-corrected chi connectivity index (χ3v) is 4.60. The van der Waals surface area contributed by atoms with E-state index in [9.17, 15) is 8.78 Å². The zero-order chi connectivity index (χ0) is 16.5. The summed E-state index contributed by atoms with van der Waals surface area (Å²) in [7, 11) is 0. The van der Waals surface area contributed by atoms with Crippen LogP contribution in [0.1, 0.15) is 23.6 Å². The number of hydrogen-bond donors (Lipinski definition) is 1. The fourth-order valence-corrected chi connectivity index (χ4v) is 3.27. The summed E-state index contributed by atoms with van der Waals surface area (Å²) in [4.78, 5) is 2.25. The highest BCUT2D eigenvalue weighted by Gasteiger charge is 2.30. The van der Waals surface area contributed by atoms with E-state index in [1.807, 2.05) is 12.1 Å². The van der Waals surface area contributed by atoms with Gasteiger partial charge >= 0.3 is 0 Å². The minimum Gasteiger partial charge on any atom is -0.292 e. The highest BCUT2D eigenvalue weighted by molar-refractivity contribution is 5.63. The number of benzene rings is 2. The molecule has 122 valence electrons. The van der Waals surface area contributed by atoms with Crippen molar-refractivity contribution in [1.82, 2.24) is 15.1 Å². The number of aromatic nitrogens is 2. The quantitative estimate of drug-likeness (QED) is 0.775. The number of H-pyrrole nitrogens is 1. The number of nitrogens with one attached hydrogen (secondary N) is 1. The van der Waals surface area contributed by atoms with Gasteiger partial charge in [0.2, 0.25) is 0 Å². The molecule has 0 saturated carbocycles. The van der Waals surface area contributed by atoms with Crippen molar-refractivity contribution in [2.24, 2.45) is 0 Å². The van der Waals surface area contributed by atoms with Gasteiger partial charge in [0.15, 0.2) is 0 Å². The average Bonchev–Trinajstić information content (AvgIpc) is 3.00. The maximum absolute atomic E-state index is 14.0. The van der Waals surface area contributed by atoms with Crippen LogP contribution in [0.5, 0.6) is 0 Å². The standard InChI is InChI=1S/C19H17F2N3/c20-15-5-3-4-13(10-15)18-8-9-24(18)12-14-11-22-23-19(14)16-6-1-2-7-17(16)21/h1-7,10-11,18H,8-9,12H2,(H,22,23). The fraction of sp³-hybridized carbons (Fsp3) is 0.211. The molecule has 1 atom stereocenters. The third-order valence-electron chi connectivity index (χ3n) is 4.60. The van der Waals surface area contributed by atoms with Crippen LogP contribution in [0.2, 0.25) is 0 Å². The molecule has 1 fully saturated rings. The zero-order valence-corrected chi connectivity index (χ0v) is 13.0. The van der Waals surface area contributed by atoms with E-state index in [1.165, 1.54) is 12.1 Å². The Labute approximate surface area is 138 Å². The molecule has 24 heavy (non-hydrogen) atoms. The summed E-state index contributed by atoms with van der Waals surface area (Å²) in [6.45, 7) is 1.59. The molecule has 5 heteroatoms. The Bertz CT molecular complexity index is 859. The van der Waals surface area contributed by atoms with Crippen LogP contribution in [0.4, 0.5) is 8.78 Å². The molecule has 4 rings (SSSR count). The summed E-state index contributed by atoms with van der Waals surface area (Å²) in [6.07, 6.45) is 2.74. The Morgan fingerprint density at radius 1 is 1.12 bits per heavy atom. The van der Waals surface area contributed by atoms with Gasteiger partial charge in [0.05, 0.1) is 11.9 Å². The Hall–Kier alpha value is -2.53. The molecule has 0 bridgehead atoms. The summed E-state index contributed by atoms with van der Waals surface area (Å²) in [5.41, 5.74) is 3.16. The van der Waals surface area contributed by atoms with Gasteiger partial charge in [-0.3, -0.25) is 10.00 Å². The minimum atomic E-state index is -0.270. The average molecular weight is 325 g/mol. The molecule has 1 aromatic heterocycles. The number of halogens is 2. The second-order valence-corrected chi connectivity index (χ2v) is 6.08. The van der Waals surface area contributed by atoms with Gasteiger partial charge in [-0.05, 0) is 36.2 Å². The highest BCUT2D eigenvalue weighted by Crippen LogP contribution is 2.36. The first-order chi connectivity index (χ1) is 11.7. The number of likely N-dealkylation sites (tertiary alicyclic amines) is 1. The van der Waals surface area contributed by atoms with E-state index in [1.54, 1.807) is 30.5 Å². The third kappa shape index (κ3) is 2.71. The van der Waals surface area contributed by atoms with Crippen molar-refractivity contribution in [1.29, 1.82) is 0 Å². The van der Waals surface area contributed by atoms with Crippen molar-refractivity contribution >= 4 is 0 Å². The molecule has 0 amide bonds. The van der Waals surface area contributed by atoms with Crippen LogP contribution in [0, 0.1) is 11.6 Å². The van der Waals surface area contributed by atoms with Crippen molar-refractivity contribution in [3.63, 3.8) is 0 Å². The maximum Gasteiger partial charge on any atom is 0.132 e. The van der Waals surface area contributed by atoms with Crippen LogP contribution in [0.15, 0.2) is 54.7 Å². The summed E-state index contributed by atoms with van der Waals surface area (Å²) in [5, 5.41) is 6.99. The summed E-state index contributed by atoms with van der Waals surface area (Å²) in [5.74, 6) is -0.483. The highest BCUT2D eigenvalue weighted by atomic mass is 19.1. The Kier molecular flexibility index (Phi) is 3.86. The van der Waals surface area contributed by atoms with E-state index in [4.69, 9.17) is 0 Å². The van der Waals surface area contributed by atoms with Gasteiger partial charge in [0.25, 0.3) is 0 Å². The number of rotatable bonds is 4. The SMILES string of the molecule is Fc1cccc(C2CCN2Cc2cn[nH]c2-c2ccccc2F)c1. The lowest BCUT2D eigenvalue weighted by molar-refractivity contribution is 0.0819. The lowest BCUT2D eigenvalue weighted by Crippen LogP contribution is -2.40. The smallest absolute Gasteiger partial charge is 0.132 e. The molecular formula is C19H17F2N3. The molecular weight excluding hydrogens is 308 g/mol. The first-order valence-corrected chi connectivity index (χ1v) is 7.99. The van der Waals surface area contributed by atoms with E-state index < -0.39 is 0 Å². The summed E-state index contributed by atoms with van der Waals surface area (Å²) in [6, 6.07) is 13.6. The Balaban J connectivity index is 1.57. The Morgan fingerprint density at radius 3 is 2.75 bits per heavy atom. The van der Waals surface area contributed by atoms with E-state index >= 15 is 0 Å². The Morgan fingerprint density at radius 2 is 2.00 bits per heavy atom. The predicted octanol–water partition coefficient (Wildman–Crippen LogP) is 4.30. The largest absolute Gasteiger partial charge is 0.292 e. The molecule has 0 spiro atoms. The lowest BCUT2D eigenvalue weighted by atomic mass is 9.93. The monoisotopic (exact) mass is 325 g/mol. The van der Waals surface area contributed by atoms with E-state index in [2.05, 4.69) is 15.1 Å². The van der Waals surface area contributed by atoms with Gasteiger partial charge < -0.3 is 0 Å². The van der Waals surface area contributed by atoms with Crippen LogP contribution in [0.25, 0.3) is 11.3 Å². The second-order valence-electron chi connectivity index (χ2n) is 6.08. The van der Waals surface area contributed by atoms with E-state index in [0.717, 1.165) is 24.1 Å². The first kappa shape index (κ1) is 15.0. The van der Waals surface area contributed by atoms with E-state index in [0.29, 0.717) is 17.8 Å². The normalized spacial score (nSPS) is 17.7. The van der Waals surface area contributed by atoms with Crippen LogP contribution in [-0.4, -0.2) is 21.6 Å². The number of aromatic amines is 1. The minimum absolute atomic E-state index is 0.198. The van der Waals surface area contributed by atoms with Crippen molar-refractivity contribution in [3.8, 4) is 11.3 Å². The van der Waals surface area contributed by atoms with Crippen LogP contribution in [-0.2, 0) is 6.54 Å². The lowest BCUT2D eigenvalue weighted by Gasteiger charge is -2.41. The van der Waals surface area contributed by atoms with Gasteiger partial charge in [0.1, 0.15) is 11.6 Å². The van der Waals surface area contributed by atoms with Crippen molar-refractivity contribution in [2.45, 2.75) is 19.0 Å². The molecule has 1 unspecified atom stereocenters. The molecule has 3 nitrogen and oxygen atoms in total. The second kappa shape index (κ2) is 6.17. The van der Waals surface area contributed by atoms with Crippen LogP contribution >= 0.6 is 0 Å². The summed E-state index contributed by atoms with van der Waals surface area (Å²) < 4.78 is 27.5. The molecule has 0 aliphatic carbocycles. The topological polar surface area (TPSA) is 31.9 Å². The number of hydrogen-bond acceptors (Lipinski definition) is 2.